The first-order chi connectivity index (χ1) is 17.4. The van der Waals surface area contributed by atoms with Crippen molar-refractivity contribution >= 4 is 36.9 Å². The molecule has 6 heteroatoms. The van der Waals surface area contributed by atoms with Gasteiger partial charge in [0, 0.05) is 29.5 Å². The molecule has 0 radical (unpaired) electrons. The van der Waals surface area contributed by atoms with Crippen LogP contribution in [0.5, 0.6) is 0 Å². The zero-order chi connectivity index (χ0) is 28.8. The molecule has 38 heavy (non-hydrogen) atoms. The summed E-state index contributed by atoms with van der Waals surface area (Å²) < 4.78 is 14.4. The molecular formula is C32H48ClNO3Si. The molecule has 1 aromatic heterocycles. The van der Waals surface area contributed by atoms with Crippen molar-refractivity contribution < 1.29 is 14.0 Å². The number of ether oxygens (including phenoxy) is 1. The van der Waals surface area contributed by atoms with E-state index >= 15 is 0 Å². The third-order valence-electron chi connectivity index (χ3n) is 8.42. The maximum Gasteiger partial charge on any atom is 0.418 e. The van der Waals surface area contributed by atoms with Gasteiger partial charge in [0.1, 0.15) is 5.60 Å². The van der Waals surface area contributed by atoms with Crippen LogP contribution in [0.4, 0.5) is 4.79 Å². The normalized spacial score (nSPS) is 23.7. The van der Waals surface area contributed by atoms with E-state index in [9.17, 15) is 4.79 Å². The smallest absolute Gasteiger partial charge is 0.418 e. The maximum absolute atomic E-state index is 12.9. The van der Waals surface area contributed by atoms with Gasteiger partial charge in [-0.05, 0) is 80.6 Å². The largest absolute Gasteiger partial charge is 0.443 e. The van der Waals surface area contributed by atoms with Crippen LogP contribution in [0.25, 0.3) is 10.9 Å². The molecule has 4 nitrogen and oxygen atoms in total. The van der Waals surface area contributed by atoms with E-state index in [0.717, 1.165) is 22.0 Å². The fourth-order valence-corrected chi connectivity index (χ4v) is 12.7. The number of hydrogen-bond donors (Lipinski definition) is 0. The first kappa shape index (κ1) is 30.8. The number of benzene rings is 1. The molecule has 1 aliphatic rings. The molecule has 3 rings (SSSR count). The van der Waals surface area contributed by atoms with Crippen LogP contribution in [-0.4, -0.2) is 36.1 Å². The molecule has 210 valence electrons. The van der Waals surface area contributed by atoms with Crippen LogP contribution >= 0.6 is 11.6 Å². The van der Waals surface area contributed by atoms with Crippen LogP contribution in [-0.2, 0) is 9.16 Å². The molecular weight excluding hydrogens is 510 g/mol. The number of alkyl halides is 1. The van der Waals surface area contributed by atoms with Gasteiger partial charge >= 0.3 is 6.09 Å². The number of aromatic nitrogens is 1. The van der Waals surface area contributed by atoms with E-state index < -0.39 is 18.8 Å². The first-order valence-corrected chi connectivity index (χ1v) is 16.5. The summed E-state index contributed by atoms with van der Waals surface area (Å²) in [5.74, 6) is 0.0138. The van der Waals surface area contributed by atoms with Gasteiger partial charge in [0.15, 0.2) is 8.32 Å². The van der Waals surface area contributed by atoms with Crippen LogP contribution < -0.4 is 0 Å². The topological polar surface area (TPSA) is 40.5 Å². The molecule has 3 atom stereocenters. The fraction of sp³-hybridized carbons (Fsp3) is 0.625. The van der Waals surface area contributed by atoms with Gasteiger partial charge in [0.25, 0.3) is 0 Å². The summed E-state index contributed by atoms with van der Waals surface area (Å²) in [6, 6.07) is 8.12. The number of allylic oxidation sites excluding steroid dienone is 1. The Morgan fingerprint density at radius 3 is 2.18 bits per heavy atom. The Morgan fingerprint density at radius 2 is 1.68 bits per heavy atom. The number of carbonyl (C=O) groups is 1. The molecule has 0 spiro atoms. The van der Waals surface area contributed by atoms with E-state index in [1.54, 1.807) is 10.8 Å². The minimum Gasteiger partial charge on any atom is -0.443 e. The van der Waals surface area contributed by atoms with Crippen molar-refractivity contribution in [2.45, 2.75) is 116 Å². The van der Waals surface area contributed by atoms with Crippen molar-refractivity contribution in [2.24, 2.45) is 5.41 Å². The quantitative estimate of drug-likeness (QED) is 0.184. The van der Waals surface area contributed by atoms with Crippen molar-refractivity contribution in [1.82, 2.24) is 4.57 Å². The second-order valence-corrected chi connectivity index (χ2v) is 19.5. The van der Waals surface area contributed by atoms with Crippen molar-refractivity contribution in [2.75, 3.05) is 6.61 Å². The third kappa shape index (κ3) is 5.32. The van der Waals surface area contributed by atoms with Gasteiger partial charge in [-0.25, -0.2) is 4.79 Å². The lowest BCUT2D eigenvalue weighted by atomic mass is 9.99. The van der Waals surface area contributed by atoms with E-state index in [0.29, 0.717) is 23.2 Å². The van der Waals surface area contributed by atoms with Crippen LogP contribution in [0.15, 0.2) is 47.8 Å². The minimum atomic E-state index is -2.09. The van der Waals surface area contributed by atoms with Crippen LogP contribution in [0.1, 0.15) is 94.6 Å². The molecule has 1 aliphatic carbocycles. The number of carbonyl (C=O) groups excluding carboxylic acids is 1. The highest BCUT2D eigenvalue weighted by Gasteiger charge is 2.73. The molecule has 0 unspecified atom stereocenters. The molecule has 1 aromatic carbocycles. The van der Waals surface area contributed by atoms with E-state index in [-0.39, 0.29) is 17.4 Å². The Hall–Kier alpha value is -1.78. The lowest BCUT2D eigenvalue weighted by molar-refractivity contribution is 0.0544. The third-order valence-corrected chi connectivity index (χ3v) is 15.2. The number of nitrogens with zero attached hydrogens (tertiary/aromatic N) is 1. The molecule has 0 saturated heterocycles. The minimum absolute atomic E-state index is 0.0138. The summed E-state index contributed by atoms with van der Waals surface area (Å²) in [4.78, 5) is 12.3. The molecule has 0 bridgehead atoms. The summed E-state index contributed by atoms with van der Waals surface area (Å²) in [5, 5.41) is 1.02. The first-order valence-electron chi connectivity index (χ1n) is 14.0. The van der Waals surface area contributed by atoms with Crippen molar-refractivity contribution in [3.05, 3.63) is 53.4 Å². The molecule has 0 N–H and O–H groups in total. The number of hydrogen-bond acceptors (Lipinski definition) is 3. The number of halogens is 1. The zero-order valence-corrected chi connectivity index (χ0v) is 27.3. The second kappa shape index (κ2) is 10.7. The van der Waals surface area contributed by atoms with Gasteiger partial charge in [0.05, 0.1) is 10.4 Å². The zero-order valence-electron chi connectivity index (χ0n) is 25.5. The number of rotatable bonds is 8. The highest BCUT2D eigenvalue weighted by atomic mass is 35.5. The van der Waals surface area contributed by atoms with Crippen LogP contribution in [0.2, 0.25) is 16.6 Å². The Bertz CT molecular complexity index is 1220. The van der Waals surface area contributed by atoms with Crippen molar-refractivity contribution in [1.29, 1.82) is 0 Å². The summed E-state index contributed by atoms with van der Waals surface area (Å²) in [6.45, 7) is 26.4. The predicted octanol–water partition coefficient (Wildman–Crippen LogP) is 9.82. The predicted molar refractivity (Wildman–Crippen MR) is 163 cm³/mol. The summed E-state index contributed by atoms with van der Waals surface area (Å²) >= 11 is 7.53. The maximum atomic E-state index is 12.9. The van der Waals surface area contributed by atoms with Gasteiger partial charge in [-0.3, -0.25) is 4.57 Å². The summed E-state index contributed by atoms with van der Waals surface area (Å²) in [5.41, 5.74) is 7.03. The Balaban J connectivity index is 2.10. The summed E-state index contributed by atoms with van der Waals surface area (Å²) in [6.07, 6.45) is 3.47. The Labute approximate surface area is 236 Å². The second-order valence-electron chi connectivity index (χ2n) is 13.5. The van der Waals surface area contributed by atoms with Gasteiger partial charge < -0.3 is 9.16 Å². The Morgan fingerprint density at radius 1 is 1.11 bits per heavy atom. The monoisotopic (exact) mass is 557 g/mol. The van der Waals surface area contributed by atoms with E-state index in [2.05, 4.69) is 60.3 Å². The van der Waals surface area contributed by atoms with E-state index in [1.807, 2.05) is 58.9 Å². The lowest BCUT2D eigenvalue weighted by Gasteiger charge is -2.43. The van der Waals surface area contributed by atoms with Crippen molar-refractivity contribution in [3.8, 4) is 0 Å². The lowest BCUT2D eigenvalue weighted by Crippen LogP contribution is -2.49. The standard InChI is InChI=1S/C32H48ClNO3Si/c1-21(2)16-18-32(33)28(31(32,12)20-36-38(22(3)4,23(5)6)24(7)8)26-14-13-15-27-25(26)17-19-34(27)29(35)37-30(9,10)11/h13-15,17-19,22-24,28H,20H2,1-12H3/t28-,31-,32-/m0/s1. The molecule has 0 aliphatic heterocycles. The molecule has 0 amide bonds. The average Bonchev–Trinajstić information content (AvgIpc) is 3.06. The van der Waals surface area contributed by atoms with Crippen LogP contribution in [0.3, 0.4) is 0 Å². The van der Waals surface area contributed by atoms with Gasteiger partial charge in [-0.15, -0.1) is 17.3 Å². The summed E-state index contributed by atoms with van der Waals surface area (Å²) in [7, 11) is -2.09. The molecule has 1 saturated carbocycles. The van der Waals surface area contributed by atoms with Crippen LogP contribution in [0, 0.1) is 5.41 Å². The Kier molecular flexibility index (Phi) is 8.62. The van der Waals surface area contributed by atoms with E-state index in [4.69, 9.17) is 20.8 Å². The molecule has 1 fully saturated rings. The van der Waals surface area contributed by atoms with Crippen molar-refractivity contribution in [3.63, 3.8) is 0 Å². The molecule has 1 heterocycles. The SMILES string of the molecule is CC(C)=C=C[C@]1(Cl)[C@@H](c2cccc3c2ccn3C(=O)OC(C)(C)C)[C@]1(C)CO[Si](C(C)C)(C(C)C)C(C)C. The highest BCUT2D eigenvalue weighted by Crippen LogP contribution is 2.73. The van der Waals surface area contributed by atoms with Gasteiger partial charge in [-0.2, -0.15) is 0 Å². The van der Waals surface area contributed by atoms with Gasteiger partial charge in [0.2, 0.25) is 0 Å². The highest BCUT2D eigenvalue weighted by molar-refractivity contribution is 6.77. The van der Waals surface area contributed by atoms with Gasteiger partial charge in [-0.1, -0.05) is 60.6 Å². The molecule has 2 aromatic rings. The van der Waals surface area contributed by atoms with E-state index in [1.165, 1.54) is 0 Å². The average molecular weight is 558 g/mol. The fourth-order valence-electron chi connectivity index (χ4n) is 6.61. The number of fused-ring (bicyclic) bond motifs is 1.